The molecule has 3 aromatic rings. The van der Waals surface area contributed by atoms with Gasteiger partial charge in [0, 0.05) is 12.1 Å². The average Bonchev–Trinajstić information content (AvgIpc) is 3.17. The second-order valence-corrected chi connectivity index (χ2v) is 7.88. The van der Waals surface area contributed by atoms with E-state index in [4.69, 9.17) is 0 Å². The molecule has 8 heteroatoms. The molecule has 1 aromatic heterocycles. The zero-order valence-corrected chi connectivity index (χ0v) is 17.8. The molecule has 0 aliphatic carbocycles. The van der Waals surface area contributed by atoms with Gasteiger partial charge < -0.3 is 5.32 Å². The van der Waals surface area contributed by atoms with E-state index in [1.54, 1.807) is 35.9 Å². The van der Waals surface area contributed by atoms with Crippen LogP contribution in [-0.2, 0) is 15.0 Å². The number of benzene rings is 2. The number of nitrogens with one attached hydrogen (secondary N) is 2. The Morgan fingerprint density at radius 3 is 2.47 bits per heavy atom. The van der Waals surface area contributed by atoms with E-state index in [2.05, 4.69) is 15.7 Å². The van der Waals surface area contributed by atoms with Gasteiger partial charge >= 0.3 is 0 Å². The summed E-state index contributed by atoms with van der Waals surface area (Å²) >= 11 is 0. The normalized spacial score (nSPS) is 18.3. The molecule has 4 rings (SSSR count). The molecule has 1 aliphatic heterocycles. The van der Waals surface area contributed by atoms with Crippen LogP contribution in [0.3, 0.4) is 0 Å². The summed E-state index contributed by atoms with van der Waals surface area (Å²) in [5, 5.41) is 9.53. The van der Waals surface area contributed by atoms with Crippen molar-refractivity contribution in [2.24, 2.45) is 0 Å². The second kappa shape index (κ2) is 8.37. The van der Waals surface area contributed by atoms with Gasteiger partial charge in [0.15, 0.2) is 0 Å². The third-order valence-electron chi connectivity index (χ3n) is 6.09. The van der Waals surface area contributed by atoms with Gasteiger partial charge in [0.05, 0.1) is 28.6 Å². The monoisotopic (exact) mass is 434 g/mol. The van der Waals surface area contributed by atoms with Gasteiger partial charge in [-0.1, -0.05) is 19.1 Å². The maximum atomic E-state index is 13.2. The molecule has 1 aliphatic rings. The number of anilines is 1. The Bertz CT molecular complexity index is 1180. The molecule has 164 valence electrons. The lowest BCUT2D eigenvalue weighted by molar-refractivity contribution is -0.138. The van der Waals surface area contributed by atoms with Crippen LogP contribution >= 0.6 is 0 Å². The maximum Gasteiger partial charge on any atom is 0.259 e. The fraction of sp³-hybridized carbons (Fsp3) is 0.250. The minimum atomic E-state index is -0.747. The molecule has 2 heterocycles. The predicted octanol–water partition coefficient (Wildman–Crippen LogP) is 3.66. The number of carbonyl (C=O) groups is 3. The number of rotatable bonds is 5. The van der Waals surface area contributed by atoms with Gasteiger partial charge in [-0.15, -0.1) is 0 Å². The Balaban J connectivity index is 1.52. The van der Waals surface area contributed by atoms with E-state index in [-0.39, 0.29) is 23.5 Å². The fourth-order valence-corrected chi connectivity index (χ4v) is 4.11. The number of amides is 3. The molecule has 0 spiro atoms. The summed E-state index contributed by atoms with van der Waals surface area (Å²) in [5.74, 6) is -1.20. The summed E-state index contributed by atoms with van der Waals surface area (Å²) in [6.07, 6.45) is 2.80. The molecule has 1 atom stereocenters. The Morgan fingerprint density at radius 2 is 1.84 bits per heavy atom. The smallest absolute Gasteiger partial charge is 0.259 e. The minimum absolute atomic E-state index is 0.250. The van der Waals surface area contributed by atoms with Crippen LogP contribution in [0.5, 0.6) is 0 Å². The molecule has 2 N–H and O–H groups in total. The highest BCUT2D eigenvalue weighted by Gasteiger charge is 2.42. The lowest BCUT2D eigenvalue weighted by Gasteiger charge is -2.35. The van der Waals surface area contributed by atoms with Crippen molar-refractivity contribution in [2.45, 2.75) is 38.5 Å². The number of piperidine rings is 1. The van der Waals surface area contributed by atoms with Crippen molar-refractivity contribution >= 4 is 23.4 Å². The molecule has 0 radical (unpaired) electrons. The average molecular weight is 434 g/mol. The summed E-state index contributed by atoms with van der Waals surface area (Å²) in [7, 11) is 0. The Labute approximate surface area is 184 Å². The van der Waals surface area contributed by atoms with Crippen molar-refractivity contribution in [1.82, 2.24) is 15.1 Å². The van der Waals surface area contributed by atoms with E-state index in [0.29, 0.717) is 41.9 Å². The van der Waals surface area contributed by atoms with Crippen molar-refractivity contribution < 1.29 is 18.8 Å². The summed E-state index contributed by atoms with van der Waals surface area (Å²) in [4.78, 5) is 36.9. The molecule has 32 heavy (non-hydrogen) atoms. The molecule has 2 aromatic carbocycles. The van der Waals surface area contributed by atoms with Crippen LogP contribution < -0.4 is 10.6 Å². The summed E-state index contributed by atoms with van der Waals surface area (Å²) in [5.41, 5.74) is 2.31. The quantitative estimate of drug-likeness (QED) is 0.600. The van der Waals surface area contributed by atoms with Gasteiger partial charge in [-0.2, -0.15) is 5.10 Å². The summed E-state index contributed by atoms with van der Waals surface area (Å²) in [6, 6.07) is 13.0. The molecule has 3 amide bonds. The van der Waals surface area contributed by atoms with E-state index in [1.807, 2.05) is 19.1 Å². The fourth-order valence-electron chi connectivity index (χ4n) is 4.11. The van der Waals surface area contributed by atoms with E-state index in [0.717, 1.165) is 5.56 Å². The molecule has 1 saturated heterocycles. The molecular formula is C24H23FN4O3. The van der Waals surface area contributed by atoms with Crippen molar-refractivity contribution in [3.8, 4) is 5.69 Å². The Morgan fingerprint density at radius 1 is 1.16 bits per heavy atom. The highest BCUT2D eigenvalue weighted by molar-refractivity contribution is 6.05. The highest BCUT2D eigenvalue weighted by Crippen LogP contribution is 2.36. The lowest BCUT2D eigenvalue weighted by Crippen LogP contribution is -2.51. The third kappa shape index (κ3) is 3.79. The maximum absolute atomic E-state index is 13.2. The zero-order chi connectivity index (χ0) is 22.9. The molecule has 0 bridgehead atoms. The molecular weight excluding hydrogens is 411 g/mol. The lowest BCUT2D eigenvalue weighted by atomic mass is 9.72. The first-order chi connectivity index (χ1) is 15.3. The van der Waals surface area contributed by atoms with Gasteiger partial charge in [0.1, 0.15) is 5.82 Å². The molecule has 7 nitrogen and oxygen atoms in total. The second-order valence-electron chi connectivity index (χ2n) is 7.88. The number of halogens is 1. The first-order valence-electron chi connectivity index (χ1n) is 10.4. The van der Waals surface area contributed by atoms with Gasteiger partial charge in [0.2, 0.25) is 11.8 Å². The largest absolute Gasteiger partial charge is 0.322 e. The van der Waals surface area contributed by atoms with Crippen molar-refractivity contribution in [1.29, 1.82) is 0 Å². The molecule has 1 unspecified atom stereocenters. The Kier molecular flexibility index (Phi) is 5.61. The number of aromatic nitrogens is 2. The minimum Gasteiger partial charge on any atom is -0.322 e. The van der Waals surface area contributed by atoms with Crippen molar-refractivity contribution in [3.63, 3.8) is 0 Å². The van der Waals surface area contributed by atoms with Gasteiger partial charge in [-0.05, 0) is 61.7 Å². The zero-order valence-electron chi connectivity index (χ0n) is 17.8. The third-order valence-corrected chi connectivity index (χ3v) is 6.09. The van der Waals surface area contributed by atoms with E-state index >= 15 is 0 Å². The van der Waals surface area contributed by atoms with Gasteiger partial charge in [-0.3, -0.25) is 19.7 Å². The predicted molar refractivity (Wildman–Crippen MR) is 117 cm³/mol. The molecule has 0 saturated carbocycles. The van der Waals surface area contributed by atoms with Crippen LogP contribution in [0.25, 0.3) is 5.69 Å². The van der Waals surface area contributed by atoms with Crippen LogP contribution in [0.1, 0.15) is 47.8 Å². The number of hydrogen-bond acceptors (Lipinski definition) is 4. The first-order valence-corrected chi connectivity index (χ1v) is 10.4. The van der Waals surface area contributed by atoms with E-state index in [9.17, 15) is 18.8 Å². The van der Waals surface area contributed by atoms with Crippen LogP contribution in [0, 0.1) is 12.7 Å². The number of carbonyl (C=O) groups excluding carboxylic acids is 3. The van der Waals surface area contributed by atoms with Crippen molar-refractivity contribution in [3.05, 3.63) is 77.4 Å². The highest BCUT2D eigenvalue weighted by atomic mass is 19.1. The van der Waals surface area contributed by atoms with Crippen LogP contribution in [0.2, 0.25) is 0 Å². The number of hydrogen-bond donors (Lipinski definition) is 2. The first kappa shape index (κ1) is 21.4. The van der Waals surface area contributed by atoms with E-state index < -0.39 is 5.41 Å². The van der Waals surface area contributed by atoms with Gasteiger partial charge in [-0.25, -0.2) is 9.07 Å². The van der Waals surface area contributed by atoms with Crippen LogP contribution in [0.4, 0.5) is 10.1 Å². The van der Waals surface area contributed by atoms with Crippen LogP contribution in [-0.4, -0.2) is 27.5 Å². The van der Waals surface area contributed by atoms with Crippen LogP contribution in [0.15, 0.2) is 54.7 Å². The number of imide groups is 1. The Hall–Kier alpha value is -3.81. The standard InChI is InChI=1S/C24H23FN4O3/c1-3-24(13-12-21(30)28-23(24)32)16-4-8-18(9-5-16)27-22(31)20-14-26-29(15(20)2)19-10-6-17(25)7-11-19/h4-11,14H,3,12-13H2,1-2H3,(H,27,31)(H,28,30,32). The van der Waals surface area contributed by atoms with Crippen molar-refractivity contribution in [2.75, 3.05) is 5.32 Å². The number of nitrogens with zero attached hydrogens (tertiary/aromatic N) is 2. The summed E-state index contributed by atoms with van der Waals surface area (Å²) in [6.45, 7) is 3.69. The SMILES string of the molecule is CCC1(c2ccc(NC(=O)c3cnn(-c4ccc(F)cc4)c3C)cc2)CCC(=O)NC1=O. The molecule has 1 fully saturated rings. The topological polar surface area (TPSA) is 93.1 Å². The van der Waals surface area contributed by atoms with E-state index in [1.165, 1.54) is 18.3 Å². The summed E-state index contributed by atoms with van der Waals surface area (Å²) < 4.78 is 14.8. The van der Waals surface area contributed by atoms with Gasteiger partial charge in [0.25, 0.3) is 5.91 Å².